The first-order valence-electron chi connectivity index (χ1n) is 9.09. The van der Waals surface area contributed by atoms with Crippen molar-refractivity contribution in [1.82, 2.24) is 15.2 Å². The summed E-state index contributed by atoms with van der Waals surface area (Å²) in [5, 5.41) is 14.2. The van der Waals surface area contributed by atoms with Crippen LogP contribution in [0.3, 0.4) is 0 Å². The van der Waals surface area contributed by atoms with E-state index in [2.05, 4.69) is 25.8 Å². The Labute approximate surface area is 185 Å². The van der Waals surface area contributed by atoms with Gasteiger partial charge in [0, 0.05) is 18.2 Å². The maximum absolute atomic E-state index is 12.3. The number of hydrogen-bond acceptors (Lipinski definition) is 9. The third kappa shape index (κ3) is 5.19. The highest BCUT2D eigenvalue weighted by Crippen LogP contribution is 2.29. The molecule has 0 unspecified atom stereocenters. The van der Waals surface area contributed by atoms with Gasteiger partial charge in [-0.2, -0.15) is 0 Å². The average molecular weight is 456 g/mol. The molecular formula is C20H17N5O4S2. The second-order valence-corrected chi connectivity index (χ2v) is 8.28. The van der Waals surface area contributed by atoms with Crippen molar-refractivity contribution in [2.45, 2.75) is 12.1 Å². The molecule has 0 fully saturated rings. The largest absolute Gasteiger partial charge is 0.497 e. The third-order valence-electron chi connectivity index (χ3n) is 4.03. The monoisotopic (exact) mass is 455 g/mol. The van der Waals surface area contributed by atoms with Gasteiger partial charge in [-0.15, -0.1) is 10.2 Å². The van der Waals surface area contributed by atoms with Crippen molar-refractivity contribution in [2.75, 3.05) is 23.5 Å². The lowest BCUT2D eigenvalue weighted by atomic mass is 10.2. The molecule has 0 bridgehead atoms. The Morgan fingerprint density at radius 1 is 1.13 bits per heavy atom. The van der Waals surface area contributed by atoms with Gasteiger partial charge in [0.2, 0.25) is 17.7 Å². The lowest BCUT2D eigenvalue weighted by Gasteiger charge is -2.00. The van der Waals surface area contributed by atoms with Gasteiger partial charge in [-0.25, -0.2) is 4.98 Å². The van der Waals surface area contributed by atoms with Crippen LogP contribution in [0.1, 0.15) is 6.92 Å². The molecule has 11 heteroatoms. The summed E-state index contributed by atoms with van der Waals surface area (Å²) < 4.78 is 11.6. The molecule has 0 spiro atoms. The van der Waals surface area contributed by atoms with E-state index in [4.69, 9.17) is 9.15 Å². The zero-order valence-corrected chi connectivity index (χ0v) is 18.2. The number of aromatic nitrogens is 3. The van der Waals surface area contributed by atoms with Gasteiger partial charge in [0.25, 0.3) is 5.22 Å². The number of anilines is 2. The van der Waals surface area contributed by atoms with Gasteiger partial charge >= 0.3 is 0 Å². The van der Waals surface area contributed by atoms with Crippen LogP contribution in [0, 0.1) is 0 Å². The first-order valence-corrected chi connectivity index (χ1v) is 10.9. The molecule has 2 aromatic carbocycles. The number of hydrogen-bond donors (Lipinski definition) is 2. The van der Waals surface area contributed by atoms with Gasteiger partial charge in [-0.1, -0.05) is 23.1 Å². The van der Waals surface area contributed by atoms with E-state index in [1.807, 2.05) is 18.2 Å². The van der Waals surface area contributed by atoms with E-state index < -0.39 is 0 Å². The molecule has 2 amide bonds. The molecular weight excluding hydrogens is 438 g/mol. The van der Waals surface area contributed by atoms with Gasteiger partial charge in [-0.3, -0.25) is 9.59 Å². The summed E-state index contributed by atoms with van der Waals surface area (Å²) in [4.78, 5) is 27.9. The number of benzene rings is 2. The second kappa shape index (κ2) is 9.14. The zero-order valence-electron chi connectivity index (χ0n) is 16.5. The van der Waals surface area contributed by atoms with Crippen LogP contribution in [-0.2, 0) is 9.59 Å². The molecule has 4 aromatic rings. The Kier molecular flexibility index (Phi) is 6.14. The molecule has 31 heavy (non-hydrogen) atoms. The van der Waals surface area contributed by atoms with Gasteiger partial charge in [0.1, 0.15) is 5.75 Å². The van der Waals surface area contributed by atoms with Crippen LogP contribution in [-0.4, -0.2) is 39.9 Å². The molecule has 9 nitrogen and oxygen atoms in total. The molecule has 2 heterocycles. The van der Waals surface area contributed by atoms with E-state index in [1.54, 1.807) is 31.4 Å². The average Bonchev–Trinajstić information content (AvgIpc) is 3.38. The highest BCUT2D eigenvalue weighted by atomic mass is 32.2. The minimum Gasteiger partial charge on any atom is -0.497 e. The Hall–Kier alpha value is -3.44. The topological polar surface area (TPSA) is 119 Å². The number of methoxy groups -OCH3 is 1. The van der Waals surface area contributed by atoms with Crippen molar-refractivity contribution >= 4 is 55.9 Å². The highest BCUT2D eigenvalue weighted by Gasteiger charge is 2.13. The van der Waals surface area contributed by atoms with Gasteiger partial charge in [0.05, 0.1) is 23.1 Å². The lowest BCUT2D eigenvalue weighted by Crippen LogP contribution is -2.13. The number of thioether (sulfide) groups is 1. The molecule has 0 atom stereocenters. The number of carbonyl (C=O) groups is 2. The second-order valence-electron chi connectivity index (χ2n) is 6.32. The molecule has 2 aromatic heterocycles. The molecule has 0 saturated heterocycles. The molecule has 158 valence electrons. The smallest absolute Gasteiger partial charge is 0.277 e. The summed E-state index contributed by atoms with van der Waals surface area (Å²) in [5.41, 5.74) is 2.18. The number of fused-ring (bicyclic) bond motifs is 1. The quantitative estimate of drug-likeness (QED) is 0.401. The fraction of sp³-hybridized carbons (Fsp3) is 0.150. The predicted octanol–water partition coefficient (Wildman–Crippen LogP) is 4.04. The van der Waals surface area contributed by atoms with E-state index in [9.17, 15) is 9.59 Å². The van der Waals surface area contributed by atoms with Crippen LogP contribution < -0.4 is 15.4 Å². The number of rotatable bonds is 7. The van der Waals surface area contributed by atoms with Crippen molar-refractivity contribution < 1.29 is 18.7 Å². The minimum absolute atomic E-state index is 0.0946. The SMILES string of the molecule is COc1ccc(-c2nnc(SCC(=O)Nc3nc4ccc(NC(C)=O)cc4s3)o2)cc1. The molecule has 0 aliphatic heterocycles. The maximum atomic E-state index is 12.3. The summed E-state index contributed by atoms with van der Waals surface area (Å²) in [6.45, 7) is 1.45. The Bertz CT molecular complexity index is 1240. The Morgan fingerprint density at radius 3 is 2.68 bits per heavy atom. The summed E-state index contributed by atoms with van der Waals surface area (Å²) in [6, 6.07) is 12.6. The molecule has 0 saturated carbocycles. The molecule has 0 aliphatic rings. The van der Waals surface area contributed by atoms with Crippen molar-refractivity contribution in [3.05, 3.63) is 42.5 Å². The summed E-state index contributed by atoms with van der Waals surface area (Å²) in [5.74, 6) is 0.806. The Balaban J connectivity index is 1.35. The highest BCUT2D eigenvalue weighted by molar-refractivity contribution is 7.99. The first-order chi connectivity index (χ1) is 15.0. The van der Waals surface area contributed by atoms with E-state index in [1.165, 1.54) is 18.3 Å². The first kappa shape index (κ1) is 20.8. The molecule has 0 aliphatic carbocycles. The molecule has 0 radical (unpaired) electrons. The van der Waals surface area contributed by atoms with E-state index in [-0.39, 0.29) is 17.6 Å². The summed E-state index contributed by atoms with van der Waals surface area (Å²) >= 11 is 2.47. The normalized spacial score (nSPS) is 10.8. The van der Waals surface area contributed by atoms with E-state index >= 15 is 0 Å². The van der Waals surface area contributed by atoms with Crippen molar-refractivity contribution in [2.24, 2.45) is 0 Å². The molecule has 2 N–H and O–H groups in total. The van der Waals surface area contributed by atoms with E-state index in [0.29, 0.717) is 21.9 Å². The summed E-state index contributed by atoms with van der Waals surface area (Å²) in [6.07, 6.45) is 0. The number of amides is 2. The number of thiazole rings is 1. The number of nitrogens with zero attached hydrogens (tertiary/aromatic N) is 3. The lowest BCUT2D eigenvalue weighted by molar-refractivity contribution is -0.114. The van der Waals surface area contributed by atoms with Crippen molar-refractivity contribution in [3.63, 3.8) is 0 Å². The fourth-order valence-electron chi connectivity index (χ4n) is 2.66. The third-order valence-corrected chi connectivity index (χ3v) is 5.78. The molecule has 4 rings (SSSR count). The summed E-state index contributed by atoms with van der Waals surface area (Å²) in [7, 11) is 1.60. The van der Waals surface area contributed by atoms with Crippen LogP contribution >= 0.6 is 23.1 Å². The van der Waals surface area contributed by atoms with Crippen molar-refractivity contribution in [1.29, 1.82) is 0 Å². The van der Waals surface area contributed by atoms with E-state index in [0.717, 1.165) is 33.3 Å². The number of ether oxygens (including phenoxy) is 1. The number of nitrogens with one attached hydrogen (secondary N) is 2. The van der Waals surface area contributed by atoms with Gasteiger partial charge in [0.15, 0.2) is 5.13 Å². The predicted molar refractivity (Wildman–Crippen MR) is 120 cm³/mol. The van der Waals surface area contributed by atoms with Crippen molar-refractivity contribution in [3.8, 4) is 17.2 Å². The standard InChI is InChI=1S/C20H17N5O4S2/c1-11(26)21-13-5-8-15-16(9-13)31-19(22-15)23-17(27)10-30-20-25-24-18(29-20)12-3-6-14(28-2)7-4-12/h3-9H,10H2,1-2H3,(H,21,26)(H,22,23,27). The van der Waals surface area contributed by atoms with Crippen LogP contribution in [0.15, 0.2) is 52.1 Å². The van der Waals surface area contributed by atoms with Crippen LogP contribution in [0.2, 0.25) is 0 Å². The van der Waals surface area contributed by atoms with Crippen LogP contribution in [0.4, 0.5) is 10.8 Å². The fourth-order valence-corrected chi connectivity index (χ4v) is 4.14. The van der Waals surface area contributed by atoms with Gasteiger partial charge in [-0.05, 0) is 42.5 Å². The van der Waals surface area contributed by atoms with Gasteiger partial charge < -0.3 is 19.8 Å². The van der Waals surface area contributed by atoms with Crippen LogP contribution in [0.25, 0.3) is 21.7 Å². The number of carbonyl (C=O) groups excluding carboxylic acids is 2. The van der Waals surface area contributed by atoms with Crippen LogP contribution in [0.5, 0.6) is 5.75 Å². The minimum atomic E-state index is -0.240. The zero-order chi connectivity index (χ0) is 21.8. The maximum Gasteiger partial charge on any atom is 0.277 e. The Morgan fingerprint density at radius 2 is 1.94 bits per heavy atom.